The quantitative estimate of drug-likeness (QED) is 0.454. The van der Waals surface area contributed by atoms with Crippen LogP contribution in [-0.2, 0) is 20.3 Å². The number of allylic oxidation sites excluding steroid dienone is 1. The van der Waals surface area contributed by atoms with Crippen LogP contribution in [0.2, 0.25) is 0 Å². The van der Waals surface area contributed by atoms with E-state index in [1.165, 1.54) is 4.90 Å². The molecule has 0 aromatic carbocycles. The summed E-state index contributed by atoms with van der Waals surface area (Å²) >= 11 is 0. The third-order valence-electron chi connectivity index (χ3n) is 3.78. The van der Waals surface area contributed by atoms with E-state index in [0.29, 0.717) is 12.1 Å². The molecule has 0 atom stereocenters. The van der Waals surface area contributed by atoms with Gasteiger partial charge in [0.25, 0.3) is 5.88 Å². The van der Waals surface area contributed by atoms with Crippen molar-refractivity contribution >= 4 is 16.2 Å². The minimum atomic E-state index is -5.82. The summed E-state index contributed by atoms with van der Waals surface area (Å²) < 4.78 is 68.7. The van der Waals surface area contributed by atoms with Gasteiger partial charge in [-0.15, -0.1) is 11.7 Å². The Morgan fingerprint density at radius 2 is 2.00 bits per heavy atom. The Morgan fingerprint density at radius 1 is 1.41 bits per heavy atom. The molecule has 1 N–H and O–H groups in total. The highest BCUT2D eigenvalue weighted by Crippen LogP contribution is 2.39. The van der Waals surface area contributed by atoms with Crippen LogP contribution in [0.4, 0.5) is 18.0 Å². The molecule has 1 aliphatic heterocycles. The predicted molar refractivity (Wildman–Crippen MR) is 88.5 cm³/mol. The van der Waals surface area contributed by atoms with Gasteiger partial charge in [-0.3, -0.25) is 5.10 Å². The summed E-state index contributed by atoms with van der Waals surface area (Å²) in [7, 11) is -5.82. The van der Waals surface area contributed by atoms with Crippen LogP contribution in [0, 0.1) is 0 Å². The van der Waals surface area contributed by atoms with Gasteiger partial charge in [-0.05, 0) is 27.2 Å². The monoisotopic (exact) mass is 411 g/mol. The molecule has 0 saturated carbocycles. The maximum atomic E-state index is 12.4. The molecular weight excluding hydrogens is 391 g/mol. The van der Waals surface area contributed by atoms with Crippen molar-refractivity contribution in [2.75, 3.05) is 13.1 Å². The van der Waals surface area contributed by atoms with E-state index >= 15 is 0 Å². The fraction of sp³-hybridized carbons (Fsp3) is 0.600. The summed E-state index contributed by atoms with van der Waals surface area (Å²) in [5.41, 5.74) is -6.60. The third kappa shape index (κ3) is 4.54. The van der Waals surface area contributed by atoms with Crippen molar-refractivity contribution < 1.29 is 35.3 Å². The van der Waals surface area contributed by atoms with Crippen LogP contribution in [0.3, 0.4) is 0 Å². The highest BCUT2D eigenvalue weighted by Gasteiger charge is 2.50. The summed E-state index contributed by atoms with van der Waals surface area (Å²) in [4.78, 5) is 13.5. The highest BCUT2D eigenvalue weighted by molar-refractivity contribution is 7.87. The molecule has 1 aromatic heterocycles. The van der Waals surface area contributed by atoms with Gasteiger partial charge in [-0.2, -0.15) is 21.6 Å². The zero-order valence-corrected chi connectivity index (χ0v) is 15.8. The Bertz CT molecular complexity index is 820. The molecule has 1 fully saturated rings. The first-order valence-corrected chi connectivity index (χ1v) is 9.25. The van der Waals surface area contributed by atoms with E-state index in [2.05, 4.69) is 21.0 Å². The molecule has 0 unspecified atom stereocenters. The Balaban J connectivity index is 2.15. The number of aromatic amines is 1. The maximum Gasteiger partial charge on any atom is 0.534 e. The van der Waals surface area contributed by atoms with E-state index < -0.39 is 38.6 Å². The number of alkyl halides is 3. The number of ether oxygens (including phenoxy) is 1. The lowest BCUT2D eigenvalue weighted by atomic mass is 9.74. The SMILES string of the molecule is C=CCC1(c2cc(OS(=O)(=O)C(F)(F)F)n[nH]2)CN(C(=O)OC(C)(C)C)C1. The molecule has 2 heterocycles. The lowest BCUT2D eigenvalue weighted by Crippen LogP contribution is -2.61. The van der Waals surface area contributed by atoms with Gasteiger partial charge in [0, 0.05) is 24.8 Å². The second-order valence-corrected chi connectivity index (χ2v) is 8.75. The maximum absolute atomic E-state index is 12.4. The van der Waals surface area contributed by atoms with Gasteiger partial charge in [0.1, 0.15) is 5.60 Å². The van der Waals surface area contributed by atoms with Crippen LogP contribution in [0.15, 0.2) is 18.7 Å². The molecule has 0 radical (unpaired) electrons. The number of rotatable bonds is 5. The van der Waals surface area contributed by atoms with Crippen molar-refractivity contribution in [1.82, 2.24) is 15.1 Å². The topological polar surface area (TPSA) is 102 Å². The summed E-state index contributed by atoms with van der Waals surface area (Å²) in [6, 6.07) is 1.07. The second-order valence-electron chi connectivity index (χ2n) is 7.21. The van der Waals surface area contributed by atoms with Gasteiger partial charge in [-0.25, -0.2) is 4.79 Å². The standard InChI is InChI=1S/C15H20F3N3O5S/c1-5-6-14(8-21(9-14)12(22)25-13(2,3)4)10-7-11(20-19-10)26-27(23,24)15(16,17)18/h5,7H,1,6,8-9H2,2-4H3,(H,19,20). The molecule has 0 bridgehead atoms. The predicted octanol–water partition coefficient (Wildman–Crippen LogP) is 2.70. The number of carbonyl (C=O) groups is 1. The molecule has 0 spiro atoms. The third-order valence-corrected chi connectivity index (χ3v) is 4.74. The molecule has 2 rings (SSSR count). The normalized spacial score (nSPS) is 17.2. The fourth-order valence-electron chi connectivity index (χ4n) is 2.60. The van der Waals surface area contributed by atoms with E-state index in [1.54, 1.807) is 26.8 Å². The average Bonchev–Trinajstić information content (AvgIpc) is 2.86. The second kappa shape index (κ2) is 6.73. The molecule has 1 amide bonds. The fourth-order valence-corrected chi connectivity index (χ4v) is 3.01. The van der Waals surface area contributed by atoms with E-state index in [0.717, 1.165) is 6.07 Å². The first-order chi connectivity index (χ1) is 12.2. The first-order valence-electron chi connectivity index (χ1n) is 7.85. The lowest BCUT2D eigenvalue weighted by molar-refractivity contribution is -0.0501. The van der Waals surface area contributed by atoms with Gasteiger partial charge in [-0.1, -0.05) is 6.08 Å². The molecule has 0 aliphatic carbocycles. The first kappa shape index (κ1) is 21.1. The zero-order valence-electron chi connectivity index (χ0n) is 15.0. The Kier molecular flexibility index (Phi) is 5.25. The van der Waals surface area contributed by atoms with E-state index in [1.807, 2.05) is 0 Å². The largest absolute Gasteiger partial charge is 0.534 e. The Morgan fingerprint density at radius 3 is 2.48 bits per heavy atom. The molecule has 12 heteroatoms. The van der Waals surface area contributed by atoms with E-state index in [-0.39, 0.29) is 13.1 Å². The number of nitrogens with zero attached hydrogens (tertiary/aromatic N) is 2. The van der Waals surface area contributed by atoms with E-state index in [4.69, 9.17) is 4.74 Å². The van der Waals surface area contributed by atoms with Crippen LogP contribution in [0.5, 0.6) is 5.88 Å². The molecule has 1 aromatic rings. The molecule has 152 valence electrons. The van der Waals surface area contributed by atoms with Crippen LogP contribution < -0.4 is 4.18 Å². The number of hydrogen-bond donors (Lipinski definition) is 1. The Labute approximate surface area is 154 Å². The number of carbonyl (C=O) groups excluding carboxylic acids is 1. The average molecular weight is 411 g/mol. The summed E-state index contributed by atoms with van der Waals surface area (Å²) in [5.74, 6) is -0.735. The van der Waals surface area contributed by atoms with Crippen molar-refractivity contribution in [2.45, 2.75) is 43.7 Å². The summed E-state index contributed by atoms with van der Waals surface area (Å²) in [6.45, 7) is 9.20. The van der Waals surface area contributed by atoms with Crippen molar-refractivity contribution in [3.05, 3.63) is 24.4 Å². The van der Waals surface area contributed by atoms with Crippen molar-refractivity contribution in [1.29, 1.82) is 0 Å². The summed E-state index contributed by atoms with van der Waals surface area (Å²) in [6.07, 6.45) is 1.43. The lowest BCUT2D eigenvalue weighted by Gasteiger charge is -2.49. The highest BCUT2D eigenvalue weighted by atomic mass is 32.2. The van der Waals surface area contributed by atoms with Gasteiger partial charge in [0.05, 0.1) is 5.41 Å². The van der Waals surface area contributed by atoms with Crippen molar-refractivity contribution in [2.24, 2.45) is 0 Å². The zero-order chi connectivity index (χ0) is 20.7. The summed E-state index contributed by atoms with van der Waals surface area (Å²) in [5, 5.41) is 5.96. The number of hydrogen-bond acceptors (Lipinski definition) is 6. The van der Waals surface area contributed by atoms with E-state index in [9.17, 15) is 26.4 Å². The molecule has 1 saturated heterocycles. The van der Waals surface area contributed by atoms with Crippen LogP contribution in [0.25, 0.3) is 0 Å². The molecule has 27 heavy (non-hydrogen) atoms. The minimum Gasteiger partial charge on any atom is -0.444 e. The van der Waals surface area contributed by atoms with Gasteiger partial charge in [0.2, 0.25) is 0 Å². The van der Waals surface area contributed by atoms with Gasteiger partial charge in [0.15, 0.2) is 0 Å². The number of aromatic nitrogens is 2. The number of halogens is 3. The minimum absolute atomic E-state index is 0.196. The van der Waals surface area contributed by atoms with Crippen LogP contribution in [0.1, 0.15) is 32.9 Å². The van der Waals surface area contributed by atoms with Crippen LogP contribution >= 0.6 is 0 Å². The smallest absolute Gasteiger partial charge is 0.444 e. The van der Waals surface area contributed by atoms with Gasteiger partial charge < -0.3 is 13.8 Å². The molecular formula is C15H20F3N3O5S. The van der Waals surface area contributed by atoms with Crippen molar-refractivity contribution in [3.8, 4) is 5.88 Å². The molecule has 8 nitrogen and oxygen atoms in total. The number of amides is 1. The number of H-pyrrole nitrogens is 1. The van der Waals surface area contributed by atoms with Crippen molar-refractivity contribution in [3.63, 3.8) is 0 Å². The van der Waals surface area contributed by atoms with Crippen LogP contribution in [-0.4, -0.2) is 53.8 Å². The Hall–Kier alpha value is -2.24. The van der Waals surface area contributed by atoms with Gasteiger partial charge >= 0.3 is 21.7 Å². The molecule has 1 aliphatic rings. The number of likely N-dealkylation sites (tertiary alicyclic amines) is 1. The number of nitrogens with one attached hydrogen (secondary N) is 1.